The van der Waals surface area contributed by atoms with Crippen molar-refractivity contribution in [3.8, 4) is 11.7 Å². The number of amides is 1. The van der Waals surface area contributed by atoms with Crippen molar-refractivity contribution in [2.75, 3.05) is 19.3 Å². The van der Waals surface area contributed by atoms with E-state index in [4.69, 9.17) is 9.47 Å². The molecule has 1 aliphatic heterocycles. The first-order valence-electron chi connectivity index (χ1n) is 11.6. The normalized spacial score (nSPS) is 15.6. The summed E-state index contributed by atoms with van der Waals surface area (Å²) in [6, 6.07) is 5.26. The Morgan fingerprint density at radius 2 is 1.97 bits per heavy atom. The fourth-order valence-corrected chi connectivity index (χ4v) is 4.33. The number of aromatic nitrogens is 5. The second kappa shape index (κ2) is 10.2. The molecule has 3 aromatic rings. The predicted molar refractivity (Wildman–Crippen MR) is 135 cm³/mol. The first kappa shape index (κ1) is 25.5. The van der Waals surface area contributed by atoms with Gasteiger partial charge in [-0.2, -0.15) is 4.98 Å². The largest absolute Gasteiger partial charge is 0.474 e. The van der Waals surface area contributed by atoms with Gasteiger partial charge in [0.1, 0.15) is 17.1 Å². The van der Waals surface area contributed by atoms with E-state index < -0.39 is 16.4 Å². The Balaban J connectivity index is 1.58. The summed E-state index contributed by atoms with van der Waals surface area (Å²) in [6.07, 6.45) is 5.29. The SMILES string of the molecule is C=CCn1c(=O)c2cnc(S(C)=O)nc2n1-c1cccc(OC2CCN(C(=O)OC(C)(C)C)CC2)n1. The van der Waals surface area contributed by atoms with Gasteiger partial charge in [-0.25, -0.2) is 24.1 Å². The predicted octanol–water partition coefficient (Wildman–Crippen LogP) is 2.68. The zero-order valence-corrected chi connectivity index (χ0v) is 21.7. The Labute approximate surface area is 211 Å². The number of nitrogens with zero attached hydrogens (tertiary/aromatic N) is 6. The van der Waals surface area contributed by atoms with Crippen LogP contribution in [0.1, 0.15) is 33.6 Å². The maximum atomic E-state index is 13.0. The molecule has 1 fully saturated rings. The highest BCUT2D eigenvalue weighted by molar-refractivity contribution is 7.84. The van der Waals surface area contributed by atoms with Gasteiger partial charge in [-0.3, -0.25) is 9.00 Å². The number of piperidine rings is 1. The van der Waals surface area contributed by atoms with Gasteiger partial charge in [0.05, 0.1) is 17.3 Å². The maximum Gasteiger partial charge on any atom is 0.410 e. The Morgan fingerprint density at radius 1 is 1.25 bits per heavy atom. The molecule has 1 amide bonds. The highest BCUT2D eigenvalue weighted by Crippen LogP contribution is 2.22. The van der Waals surface area contributed by atoms with Crippen LogP contribution >= 0.6 is 0 Å². The van der Waals surface area contributed by atoms with Gasteiger partial charge in [-0.05, 0) is 26.8 Å². The highest BCUT2D eigenvalue weighted by Gasteiger charge is 2.28. The summed E-state index contributed by atoms with van der Waals surface area (Å²) in [4.78, 5) is 40.1. The molecule has 0 N–H and O–H groups in total. The van der Waals surface area contributed by atoms with Crippen LogP contribution in [0, 0.1) is 0 Å². The minimum Gasteiger partial charge on any atom is -0.474 e. The Morgan fingerprint density at radius 3 is 2.61 bits per heavy atom. The zero-order chi connectivity index (χ0) is 26.0. The van der Waals surface area contributed by atoms with E-state index in [1.807, 2.05) is 20.8 Å². The van der Waals surface area contributed by atoms with Gasteiger partial charge in [0.15, 0.2) is 11.5 Å². The molecule has 4 rings (SSSR count). The third-order valence-corrected chi connectivity index (χ3v) is 6.23. The molecule has 0 aliphatic carbocycles. The quantitative estimate of drug-likeness (QED) is 0.364. The zero-order valence-electron chi connectivity index (χ0n) is 20.8. The van der Waals surface area contributed by atoms with Crippen LogP contribution in [0.4, 0.5) is 4.79 Å². The lowest BCUT2D eigenvalue weighted by Gasteiger charge is -2.33. The van der Waals surface area contributed by atoms with Gasteiger partial charge in [0, 0.05) is 44.5 Å². The van der Waals surface area contributed by atoms with E-state index >= 15 is 0 Å². The van der Waals surface area contributed by atoms with Gasteiger partial charge >= 0.3 is 6.09 Å². The van der Waals surface area contributed by atoms with Crippen molar-refractivity contribution >= 4 is 27.9 Å². The van der Waals surface area contributed by atoms with Crippen LogP contribution in [0.15, 0.2) is 47.0 Å². The van der Waals surface area contributed by atoms with Crippen LogP contribution in [0.3, 0.4) is 0 Å². The van der Waals surface area contributed by atoms with Crippen molar-refractivity contribution in [1.29, 1.82) is 0 Å². The molecule has 0 radical (unpaired) electrons. The van der Waals surface area contributed by atoms with Crippen molar-refractivity contribution in [2.45, 2.75) is 57.0 Å². The number of ether oxygens (including phenoxy) is 2. The number of rotatable bonds is 6. The van der Waals surface area contributed by atoms with E-state index in [0.717, 1.165) is 0 Å². The van der Waals surface area contributed by atoms with Gasteiger partial charge in [-0.15, -0.1) is 6.58 Å². The monoisotopic (exact) mass is 514 g/mol. The summed E-state index contributed by atoms with van der Waals surface area (Å²) in [5.41, 5.74) is -0.542. The fourth-order valence-electron chi connectivity index (χ4n) is 3.91. The van der Waals surface area contributed by atoms with Crippen LogP contribution < -0.4 is 10.3 Å². The molecule has 0 aromatic carbocycles. The number of hydrogen-bond donors (Lipinski definition) is 0. The van der Waals surface area contributed by atoms with E-state index in [0.29, 0.717) is 43.3 Å². The summed E-state index contributed by atoms with van der Waals surface area (Å²) in [5.74, 6) is 0.801. The lowest BCUT2D eigenvalue weighted by Crippen LogP contribution is -2.44. The molecule has 36 heavy (non-hydrogen) atoms. The number of carbonyl (C=O) groups is 1. The van der Waals surface area contributed by atoms with E-state index in [1.165, 1.54) is 17.1 Å². The number of allylic oxidation sites excluding steroid dienone is 1. The number of pyridine rings is 1. The summed E-state index contributed by atoms with van der Waals surface area (Å²) in [7, 11) is -1.42. The average Bonchev–Trinajstić information content (AvgIpc) is 3.10. The number of hydrogen-bond acceptors (Lipinski definition) is 8. The number of carbonyl (C=O) groups excluding carboxylic acids is 1. The first-order chi connectivity index (χ1) is 17.1. The van der Waals surface area contributed by atoms with Gasteiger partial charge in [-0.1, -0.05) is 12.1 Å². The highest BCUT2D eigenvalue weighted by atomic mass is 32.2. The summed E-state index contributed by atoms with van der Waals surface area (Å²) in [5, 5.41) is 0.407. The number of likely N-dealkylation sites (tertiary alicyclic amines) is 1. The minimum atomic E-state index is -1.42. The number of fused-ring (bicyclic) bond motifs is 1. The molecule has 4 heterocycles. The standard InChI is InChI=1S/C24H30N6O5S/c1-6-12-29-21(31)17-15-25-22(36(5)33)27-20(17)30(29)18-8-7-9-19(26-18)34-16-10-13-28(14-11-16)23(32)35-24(2,3)4/h6-9,15-16H,1,10-14H2,2-5H3. The molecule has 3 aromatic heterocycles. The topological polar surface area (TPSA) is 121 Å². The van der Waals surface area contributed by atoms with Gasteiger partial charge < -0.3 is 14.4 Å². The molecule has 0 saturated carbocycles. The molecule has 11 nitrogen and oxygen atoms in total. The van der Waals surface area contributed by atoms with Crippen LogP contribution in [0.25, 0.3) is 16.9 Å². The van der Waals surface area contributed by atoms with E-state index in [-0.39, 0.29) is 34.8 Å². The van der Waals surface area contributed by atoms with Crippen molar-refractivity contribution in [2.24, 2.45) is 0 Å². The average molecular weight is 515 g/mol. The summed E-state index contributed by atoms with van der Waals surface area (Å²) in [6.45, 7) is 10.5. The lowest BCUT2D eigenvalue weighted by molar-refractivity contribution is 0.0123. The molecule has 0 bridgehead atoms. The Kier molecular flexibility index (Phi) is 7.25. The fraction of sp³-hybridized carbons (Fsp3) is 0.458. The summed E-state index contributed by atoms with van der Waals surface area (Å²) >= 11 is 0. The Bertz CT molecular complexity index is 1370. The molecule has 192 valence electrons. The van der Waals surface area contributed by atoms with Crippen LogP contribution in [-0.2, 0) is 22.1 Å². The van der Waals surface area contributed by atoms with E-state index in [9.17, 15) is 13.8 Å². The third-order valence-electron chi connectivity index (χ3n) is 5.52. The second-order valence-corrected chi connectivity index (χ2v) is 10.7. The minimum absolute atomic E-state index is 0.121. The molecule has 1 saturated heterocycles. The van der Waals surface area contributed by atoms with Crippen molar-refractivity contribution in [1.82, 2.24) is 29.2 Å². The molecule has 1 aliphatic rings. The molecular formula is C24H30N6O5S. The van der Waals surface area contributed by atoms with Crippen molar-refractivity contribution in [3.63, 3.8) is 0 Å². The smallest absolute Gasteiger partial charge is 0.410 e. The van der Waals surface area contributed by atoms with E-state index in [2.05, 4.69) is 21.5 Å². The van der Waals surface area contributed by atoms with Gasteiger partial charge in [0.2, 0.25) is 11.0 Å². The molecule has 1 unspecified atom stereocenters. The summed E-state index contributed by atoms with van der Waals surface area (Å²) < 4.78 is 26.6. The molecule has 1 atom stereocenters. The van der Waals surface area contributed by atoms with Crippen molar-refractivity contribution < 1.29 is 18.5 Å². The van der Waals surface area contributed by atoms with Crippen molar-refractivity contribution in [3.05, 3.63) is 47.4 Å². The maximum absolute atomic E-state index is 13.0. The van der Waals surface area contributed by atoms with E-state index in [1.54, 1.807) is 33.9 Å². The molecule has 0 spiro atoms. The van der Waals surface area contributed by atoms with Gasteiger partial charge in [0.25, 0.3) is 5.56 Å². The first-order valence-corrected chi connectivity index (χ1v) is 13.2. The van der Waals surface area contributed by atoms with Crippen LogP contribution in [0.5, 0.6) is 5.88 Å². The second-order valence-electron chi connectivity index (χ2n) is 9.45. The Hall–Kier alpha value is -3.54. The molecule has 12 heteroatoms. The lowest BCUT2D eigenvalue weighted by atomic mass is 10.1. The third kappa shape index (κ3) is 5.48. The molecular weight excluding hydrogens is 484 g/mol. The van der Waals surface area contributed by atoms with Crippen LogP contribution in [-0.4, -0.2) is 70.6 Å². The van der Waals surface area contributed by atoms with Crippen LogP contribution in [0.2, 0.25) is 0 Å².